The molecule has 7 nitrogen and oxygen atoms in total. The number of rotatable bonds is 11. The lowest BCUT2D eigenvalue weighted by atomic mass is 9.82. The molecule has 2 saturated heterocycles. The number of carboxylic acids is 1. The molecule has 0 spiro atoms. The lowest BCUT2D eigenvalue weighted by molar-refractivity contribution is -0.137. The molecule has 1 unspecified atom stereocenters. The van der Waals surface area contributed by atoms with E-state index in [1.54, 1.807) is 6.07 Å². The smallest absolute Gasteiger partial charge is 0.303 e. The van der Waals surface area contributed by atoms with E-state index in [2.05, 4.69) is 16.3 Å². The standard InChI is InChI=1S/C28H41N3O4/c29-28(35)21-9-4-8-20(15-21)22-16-24-12-13-25(17-22)31(24)18-23(14-19-6-2-1-3-7-19)30-26(32)10-5-11-27(33)34/h4,8-9,15,19,22-25H,1-3,5-7,10-14,16-18H2,(H2,29,35)(H,30,32)(H,33,34)/t23?,24-,25-/m1/s1. The predicted molar refractivity (Wildman–Crippen MR) is 135 cm³/mol. The Balaban J connectivity index is 1.39. The van der Waals surface area contributed by atoms with E-state index in [4.69, 9.17) is 10.8 Å². The van der Waals surface area contributed by atoms with Gasteiger partial charge in [0.1, 0.15) is 0 Å². The minimum atomic E-state index is -0.850. The van der Waals surface area contributed by atoms with Crippen molar-refractivity contribution in [3.63, 3.8) is 0 Å². The summed E-state index contributed by atoms with van der Waals surface area (Å²) in [5.74, 6) is -0.142. The van der Waals surface area contributed by atoms with Gasteiger partial charge in [0.25, 0.3) is 0 Å². The SMILES string of the molecule is NC(=O)c1cccc(C2C[C@H]3CC[C@H](C2)N3CC(CC2CCCCC2)NC(=O)CCCC(=O)O)c1. The summed E-state index contributed by atoms with van der Waals surface area (Å²) in [6.45, 7) is 0.880. The summed E-state index contributed by atoms with van der Waals surface area (Å²) in [5.41, 5.74) is 7.30. The van der Waals surface area contributed by atoms with E-state index >= 15 is 0 Å². The van der Waals surface area contributed by atoms with Crippen molar-refractivity contribution < 1.29 is 19.5 Å². The molecule has 3 atom stereocenters. The van der Waals surface area contributed by atoms with Crippen LogP contribution in [0.4, 0.5) is 0 Å². The summed E-state index contributed by atoms with van der Waals surface area (Å²) in [5, 5.41) is 12.2. The first-order chi connectivity index (χ1) is 16.9. The maximum absolute atomic E-state index is 12.7. The molecule has 35 heavy (non-hydrogen) atoms. The maximum Gasteiger partial charge on any atom is 0.303 e. The van der Waals surface area contributed by atoms with E-state index in [9.17, 15) is 14.4 Å². The summed E-state index contributed by atoms with van der Waals surface area (Å²) in [6, 6.07) is 8.91. The number of benzene rings is 1. The number of nitrogens with two attached hydrogens (primary N) is 1. The van der Waals surface area contributed by atoms with E-state index in [0.29, 0.717) is 35.9 Å². The first-order valence-corrected chi connectivity index (χ1v) is 13.6. The number of amides is 2. The van der Waals surface area contributed by atoms with E-state index in [1.165, 1.54) is 50.5 Å². The first kappa shape index (κ1) is 25.7. The number of carboxylic acid groups (broad SMARTS) is 1. The van der Waals surface area contributed by atoms with Crippen molar-refractivity contribution in [3.8, 4) is 0 Å². The minimum absolute atomic E-state index is 0.0161. The number of piperidine rings is 1. The third kappa shape index (κ3) is 7.06. The highest BCUT2D eigenvalue weighted by molar-refractivity contribution is 5.92. The van der Waals surface area contributed by atoms with Crippen molar-refractivity contribution in [2.24, 2.45) is 11.7 Å². The molecule has 0 aromatic heterocycles. The molecule has 4 rings (SSSR count). The number of fused-ring (bicyclic) bond motifs is 2. The van der Waals surface area contributed by atoms with Gasteiger partial charge in [-0.25, -0.2) is 0 Å². The van der Waals surface area contributed by atoms with Gasteiger partial charge < -0.3 is 16.2 Å². The van der Waals surface area contributed by atoms with Crippen LogP contribution in [-0.2, 0) is 9.59 Å². The second-order valence-corrected chi connectivity index (χ2v) is 11.0. The highest BCUT2D eigenvalue weighted by Gasteiger charge is 2.42. The minimum Gasteiger partial charge on any atom is -0.481 e. The quantitative estimate of drug-likeness (QED) is 0.436. The summed E-state index contributed by atoms with van der Waals surface area (Å²) in [6.07, 6.45) is 12.6. The second-order valence-electron chi connectivity index (χ2n) is 11.0. The molecule has 3 aliphatic rings. The molecule has 2 aliphatic heterocycles. The van der Waals surface area contributed by atoms with Gasteiger partial charge >= 0.3 is 5.97 Å². The van der Waals surface area contributed by atoms with Crippen LogP contribution >= 0.6 is 0 Å². The van der Waals surface area contributed by atoms with Crippen LogP contribution in [0.2, 0.25) is 0 Å². The van der Waals surface area contributed by atoms with Crippen molar-refractivity contribution in [3.05, 3.63) is 35.4 Å². The zero-order chi connectivity index (χ0) is 24.8. The molecular weight excluding hydrogens is 442 g/mol. The van der Waals surface area contributed by atoms with E-state index in [-0.39, 0.29) is 30.7 Å². The van der Waals surface area contributed by atoms with Gasteiger partial charge in [-0.05, 0) is 68.1 Å². The highest BCUT2D eigenvalue weighted by Crippen LogP contribution is 2.43. The van der Waals surface area contributed by atoms with Crippen LogP contribution in [0.25, 0.3) is 0 Å². The van der Waals surface area contributed by atoms with Gasteiger partial charge in [-0.15, -0.1) is 0 Å². The van der Waals surface area contributed by atoms with E-state index in [1.807, 2.05) is 12.1 Å². The van der Waals surface area contributed by atoms with Crippen LogP contribution in [0.1, 0.15) is 105 Å². The Morgan fingerprint density at radius 3 is 2.40 bits per heavy atom. The molecule has 1 aromatic carbocycles. The lowest BCUT2D eigenvalue weighted by Crippen LogP contribution is -2.51. The van der Waals surface area contributed by atoms with Gasteiger partial charge in [-0.2, -0.15) is 0 Å². The highest BCUT2D eigenvalue weighted by atomic mass is 16.4. The number of hydrogen-bond acceptors (Lipinski definition) is 4. The van der Waals surface area contributed by atoms with Crippen LogP contribution in [0.15, 0.2) is 24.3 Å². The van der Waals surface area contributed by atoms with Gasteiger partial charge in [0.2, 0.25) is 11.8 Å². The third-order valence-corrected chi connectivity index (χ3v) is 8.46. The van der Waals surface area contributed by atoms with Crippen LogP contribution in [0, 0.1) is 5.92 Å². The molecule has 4 N–H and O–H groups in total. The van der Waals surface area contributed by atoms with Crippen molar-refractivity contribution in [1.29, 1.82) is 0 Å². The molecule has 1 aliphatic carbocycles. The Bertz CT molecular complexity index is 884. The summed E-state index contributed by atoms with van der Waals surface area (Å²) in [4.78, 5) is 37.8. The van der Waals surface area contributed by atoms with Crippen LogP contribution in [0.5, 0.6) is 0 Å². The van der Waals surface area contributed by atoms with Gasteiger partial charge in [0.15, 0.2) is 0 Å². The van der Waals surface area contributed by atoms with Crippen molar-refractivity contribution in [2.45, 2.75) is 108 Å². The van der Waals surface area contributed by atoms with Crippen LogP contribution in [0.3, 0.4) is 0 Å². The van der Waals surface area contributed by atoms with Crippen molar-refractivity contribution >= 4 is 17.8 Å². The topological polar surface area (TPSA) is 113 Å². The first-order valence-electron chi connectivity index (χ1n) is 13.6. The molecule has 2 amide bonds. The molecule has 7 heteroatoms. The zero-order valence-corrected chi connectivity index (χ0v) is 20.8. The van der Waals surface area contributed by atoms with Crippen LogP contribution in [-0.4, -0.2) is 52.5 Å². The van der Waals surface area contributed by atoms with E-state index < -0.39 is 5.97 Å². The fraction of sp³-hybridized carbons (Fsp3) is 0.679. The monoisotopic (exact) mass is 483 g/mol. The Kier molecular flexibility index (Phi) is 8.82. The molecule has 2 bridgehead atoms. The third-order valence-electron chi connectivity index (χ3n) is 8.46. The normalized spacial score (nSPS) is 25.8. The molecule has 3 fully saturated rings. The molecule has 1 saturated carbocycles. The van der Waals surface area contributed by atoms with Crippen molar-refractivity contribution in [2.75, 3.05) is 6.54 Å². The van der Waals surface area contributed by atoms with Gasteiger partial charge in [0, 0.05) is 43.1 Å². The van der Waals surface area contributed by atoms with Gasteiger partial charge in [-0.3, -0.25) is 19.3 Å². The fourth-order valence-electron chi connectivity index (χ4n) is 6.75. The number of nitrogens with zero attached hydrogens (tertiary/aromatic N) is 1. The molecule has 1 aromatic rings. The molecule has 0 radical (unpaired) electrons. The summed E-state index contributed by atoms with van der Waals surface area (Å²) < 4.78 is 0. The number of carbonyl (C=O) groups is 3. The average molecular weight is 484 g/mol. The van der Waals surface area contributed by atoms with Crippen molar-refractivity contribution in [1.82, 2.24) is 10.2 Å². The summed E-state index contributed by atoms with van der Waals surface area (Å²) in [7, 11) is 0. The maximum atomic E-state index is 12.7. The van der Waals surface area contributed by atoms with E-state index in [0.717, 1.165) is 25.8 Å². The number of hydrogen-bond donors (Lipinski definition) is 3. The number of aliphatic carboxylic acids is 1. The summed E-state index contributed by atoms with van der Waals surface area (Å²) >= 11 is 0. The molecular formula is C28H41N3O4. The fourth-order valence-corrected chi connectivity index (χ4v) is 6.75. The second kappa shape index (κ2) is 12.0. The Labute approximate surface area is 208 Å². The zero-order valence-electron chi connectivity index (χ0n) is 20.8. The predicted octanol–water partition coefficient (Wildman–Crippen LogP) is 4.21. The number of primary amides is 1. The van der Waals surface area contributed by atoms with Gasteiger partial charge in [0.05, 0.1) is 0 Å². The number of carbonyl (C=O) groups excluding carboxylic acids is 2. The molecule has 2 heterocycles. The Hall–Kier alpha value is -2.41. The van der Waals surface area contributed by atoms with Gasteiger partial charge in [-0.1, -0.05) is 44.2 Å². The molecule has 192 valence electrons. The number of nitrogens with one attached hydrogen (secondary N) is 1. The Morgan fingerprint density at radius 1 is 1.03 bits per heavy atom. The largest absolute Gasteiger partial charge is 0.481 e. The lowest BCUT2D eigenvalue weighted by Gasteiger charge is -2.41. The average Bonchev–Trinajstić information content (AvgIpc) is 3.05. The Morgan fingerprint density at radius 2 is 1.74 bits per heavy atom. The van der Waals surface area contributed by atoms with Crippen LogP contribution < -0.4 is 11.1 Å².